The number of hydrogen-bond donors (Lipinski definition) is 0. The first kappa shape index (κ1) is 22.2. The van der Waals surface area contributed by atoms with E-state index in [0.717, 1.165) is 68.1 Å². The van der Waals surface area contributed by atoms with E-state index in [1.807, 2.05) is 65.2 Å². The van der Waals surface area contributed by atoms with Gasteiger partial charge in [0.05, 0.1) is 39.7 Å². The molecule has 2 fully saturated rings. The van der Waals surface area contributed by atoms with Gasteiger partial charge in [-0.05, 0) is 42.8 Å². The third kappa shape index (κ3) is 3.41. The number of aryl methyl sites for hydroxylation is 2. The molecule has 0 amide bonds. The number of pyridine rings is 1. The van der Waals surface area contributed by atoms with Crippen molar-refractivity contribution >= 4 is 39.2 Å². The molecule has 0 N–H and O–H groups in total. The number of anilines is 1. The summed E-state index contributed by atoms with van der Waals surface area (Å²) in [4.78, 5) is 24.4. The van der Waals surface area contributed by atoms with Gasteiger partial charge in [0, 0.05) is 47.7 Å². The fourth-order valence-corrected chi connectivity index (χ4v) is 6.23. The molecule has 0 spiro atoms. The van der Waals surface area contributed by atoms with Crippen molar-refractivity contribution in [3.05, 3.63) is 70.4 Å². The number of halogens is 1. The molecule has 2 aromatic carbocycles. The lowest BCUT2D eigenvalue weighted by molar-refractivity contribution is -0.809. The zero-order chi connectivity index (χ0) is 25.4. The van der Waals surface area contributed by atoms with Crippen LogP contribution in [-0.2, 0) is 11.9 Å². The van der Waals surface area contributed by atoms with E-state index in [9.17, 15) is 4.91 Å². The molecule has 10 heteroatoms. The van der Waals surface area contributed by atoms with Crippen molar-refractivity contribution in [1.82, 2.24) is 24.5 Å². The van der Waals surface area contributed by atoms with Gasteiger partial charge in [-0.2, -0.15) is 10.2 Å². The van der Waals surface area contributed by atoms with Gasteiger partial charge < -0.3 is 4.90 Å². The van der Waals surface area contributed by atoms with Gasteiger partial charge in [-0.1, -0.05) is 23.7 Å². The number of nitrogens with zero attached hydrogens (tertiary/aromatic N) is 7. The summed E-state index contributed by atoms with van der Waals surface area (Å²) >= 11 is 6.51. The fraction of sp³-hybridized carbons (Fsp3) is 0.296. The molecule has 1 saturated carbocycles. The molecular formula is C27H25ClN7O2+. The molecule has 0 bridgehead atoms. The summed E-state index contributed by atoms with van der Waals surface area (Å²) in [5.74, 6) is 1.57. The van der Waals surface area contributed by atoms with Gasteiger partial charge in [0.2, 0.25) is 4.92 Å². The Morgan fingerprint density at radius 2 is 1.89 bits per heavy atom. The first-order valence-corrected chi connectivity index (χ1v) is 12.6. The molecule has 1 saturated heterocycles. The van der Waals surface area contributed by atoms with Crippen LogP contribution in [-0.4, -0.2) is 55.7 Å². The lowest BCUT2D eigenvalue weighted by Gasteiger charge is -2.19. The predicted octanol–water partition coefficient (Wildman–Crippen LogP) is 4.71. The average Bonchev–Trinajstić information content (AvgIpc) is 3.24. The zero-order valence-corrected chi connectivity index (χ0v) is 21.4. The van der Waals surface area contributed by atoms with Crippen LogP contribution in [0.25, 0.3) is 38.8 Å². The van der Waals surface area contributed by atoms with Gasteiger partial charge in [0.25, 0.3) is 6.04 Å². The Hall–Kier alpha value is -3.98. The van der Waals surface area contributed by atoms with Crippen LogP contribution in [0.3, 0.4) is 0 Å². The Morgan fingerprint density at radius 3 is 2.62 bits per heavy atom. The highest BCUT2D eigenvalue weighted by Gasteiger charge is 2.68. The lowest BCUT2D eigenvalue weighted by atomic mass is 10.0. The summed E-state index contributed by atoms with van der Waals surface area (Å²) in [6.07, 6.45) is 3.88. The van der Waals surface area contributed by atoms with Crippen molar-refractivity contribution in [2.45, 2.75) is 13.0 Å². The Balaban J connectivity index is 1.28. The van der Waals surface area contributed by atoms with Gasteiger partial charge in [0.1, 0.15) is 11.5 Å². The van der Waals surface area contributed by atoms with Gasteiger partial charge in [-0.15, -0.1) is 0 Å². The first-order chi connectivity index (χ1) is 17.9. The Bertz CT molecular complexity index is 1700. The summed E-state index contributed by atoms with van der Waals surface area (Å²) in [6.45, 7) is 3.67. The van der Waals surface area contributed by atoms with Crippen molar-refractivity contribution in [3.8, 4) is 16.9 Å². The summed E-state index contributed by atoms with van der Waals surface area (Å²) in [7, 11) is 3.35. The second-order valence-electron chi connectivity index (χ2n) is 9.99. The van der Waals surface area contributed by atoms with Crippen LogP contribution < -0.4 is 4.90 Å². The molecule has 1 aliphatic heterocycles. The summed E-state index contributed by atoms with van der Waals surface area (Å²) in [6, 6.07) is 14.1. The van der Waals surface area contributed by atoms with Crippen LogP contribution >= 0.6 is 11.6 Å². The number of hydrogen-bond acceptors (Lipinski definition) is 6. The van der Waals surface area contributed by atoms with Gasteiger partial charge in [-0.25, -0.2) is 14.5 Å². The highest BCUT2D eigenvalue weighted by molar-refractivity contribution is 6.31. The van der Waals surface area contributed by atoms with Crippen LogP contribution in [0.1, 0.15) is 5.56 Å². The highest BCUT2D eigenvalue weighted by atomic mass is 35.5. The van der Waals surface area contributed by atoms with Crippen LogP contribution in [0.2, 0.25) is 5.02 Å². The molecule has 5 aromatic rings. The second kappa shape index (κ2) is 8.01. The molecule has 2 unspecified atom stereocenters. The topological polar surface area (TPSA) is 81.1 Å². The molecule has 4 heterocycles. The SMILES string of the molecule is CO[N+](=O)C1C2CN(c3ccc(-n4nc(-c5cccc6nn(C)cc56)c5cc(Cl)cc(C)c54)cn3)C[C@@H]21. The van der Waals surface area contributed by atoms with E-state index < -0.39 is 0 Å². The maximum Gasteiger partial charge on any atom is 0.267 e. The van der Waals surface area contributed by atoms with Gasteiger partial charge >= 0.3 is 0 Å². The van der Waals surface area contributed by atoms with E-state index in [2.05, 4.69) is 23.0 Å². The molecule has 3 aromatic heterocycles. The van der Waals surface area contributed by atoms with E-state index in [1.165, 1.54) is 7.11 Å². The maximum absolute atomic E-state index is 11.8. The summed E-state index contributed by atoms with van der Waals surface area (Å²) < 4.78 is 3.77. The minimum Gasteiger partial charge on any atom is -0.355 e. The number of fused-ring (bicyclic) bond motifs is 3. The molecular weight excluding hydrogens is 490 g/mol. The zero-order valence-electron chi connectivity index (χ0n) is 20.7. The minimum atomic E-state index is -0.0338. The van der Waals surface area contributed by atoms with E-state index in [-0.39, 0.29) is 6.04 Å². The molecule has 9 nitrogen and oxygen atoms in total. The van der Waals surface area contributed by atoms with Gasteiger partial charge in [-0.3, -0.25) is 4.68 Å². The quantitative estimate of drug-likeness (QED) is 0.316. The fourth-order valence-electron chi connectivity index (χ4n) is 5.96. The van der Waals surface area contributed by atoms with Crippen LogP contribution in [0.4, 0.5) is 5.82 Å². The Morgan fingerprint density at radius 1 is 1.08 bits per heavy atom. The average molecular weight is 515 g/mol. The molecule has 1 aliphatic carbocycles. The Kier molecular flexibility index (Phi) is 4.81. The van der Waals surface area contributed by atoms with Crippen LogP contribution in [0, 0.1) is 23.7 Å². The van der Waals surface area contributed by atoms with Crippen molar-refractivity contribution < 1.29 is 9.76 Å². The third-order valence-electron chi connectivity index (χ3n) is 7.72. The van der Waals surface area contributed by atoms with E-state index in [4.69, 9.17) is 26.5 Å². The largest absolute Gasteiger partial charge is 0.355 e. The lowest BCUT2D eigenvalue weighted by Crippen LogP contribution is -2.29. The minimum absolute atomic E-state index is 0.0338. The number of piperidine rings is 1. The number of rotatable bonds is 5. The molecule has 186 valence electrons. The normalized spacial score (nSPS) is 20.5. The third-order valence-corrected chi connectivity index (χ3v) is 7.94. The standard InChI is InChI=1S/C27H25ClN7O2/c1-15-9-16(28)10-19-25(18-5-4-6-23-20(18)12-32(2)30-23)31-34(26(15)19)17-7-8-24(29-11-17)33-13-21-22(14-33)27(21)35(36)37-3/h4-12,21-22,27H,13-14H2,1-3H3/q+1/t21-,22?,27?/m0/s1. The number of aromatic nitrogens is 5. The molecule has 3 atom stereocenters. The first-order valence-electron chi connectivity index (χ1n) is 12.3. The van der Waals surface area contributed by atoms with E-state index >= 15 is 0 Å². The molecule has 2 aliphatic rings. The smallest absolute Gasteiger partial charge is 0.267 e. The van der Waals surface area contributed by atoms with Crippen molar-refractivity contribution in [2.75, 3.05) is 25.1 Å². The van der Waals surface area contributed by atoms with Crippen molar-refractivity contribution in [3.63, 3.8) is 0 Å². The van der Waals surface area contributed by atoms with Crippen molar-refractivity contribution in [1.29, 1.82) is 0 Å². The number of benzene rings is 2. The van der Waals surface area contributed by atoms with Crippen LogP contribution in [0.15, 0.2) is 54.9 Å². The molecule has 0 radical (unpaired) electrons. The highest BCUT2D eigenvalue weighted by Crippen LogP contribution is 2.48. The summed E-state index contributed by atoms with van der Waals surface area (Å²) in [5, 5.41) is 12.4. The van der Waals surface area contributed by atoms with E-state index in [1.54, 1.807) is 0 Å². The van der Waals surface area contributed by atoms with Gasteiger partial charge in [0.15, 0.2) is 7.11 Å². The monoisotopic (exact) mass is 514 g/mol. The molecule has 7 rings (SSSR count). The Labute approximate surface area is 217 Å². The second-order valence-corrected chi connectivity index (χ2v) is 10.4. The summed E-state index contributed by atoms with van der Waals surface area (Å²) in [5.41, 5.74) is 5.69. The molecule has 37 heavy (non-hydrogen) atoms. The maximum atomic E-state index is 11.8. The van der Waals surface area contributed by atoms with E-state index in [0.29, 0.717) is 16.9 Å². The predicted molar refractivity (Wildman–Crippen MR) is 142 cm³/mol. The van der Waals surface area contributed by atoms with Crippen LogP contribution in [0.5, 0.6) is 0 Å². The van der Waals surface area contributed by atoms with Crippen molar-refractivity contribution in [2.24, 2.45) is 18.9 Å².